The Labute approximate surface area is 153 Å². The first-order chi connectivity index (χ1) is 13.1. The molecule has 0 radical (unpaired) electrons. The number of carbonyl (C=O) groups is 2. The van der Waals surface area contributed by atoms with Gasteiger partial charge in [-0.2, -0.15) is 5.10 Å². The molecule has 0 saturated carbocycles. The third-order valence-electron chi connectivity index (χ3n) is 4.12. The lowest BCUT2D eigenvalue weighted by molar-refractivity contribution is 0.0534. The molecule has 2 N–H and O–H groups in total. The second-order valence-corrected chi connectivity index (χ2v) is 5.90. The second-order valence-electron chi connectivity index (χ2n) is 5.90. The van der Waals surface area contributed by atoms with E-state index in [-0.39, 0.29) is 11.5 Å². The van der Waals surface area contributed by atoms with Gasteiger partial charge in [-0.25, -0.2) is 9.59 Å². The van der Waals surface area contributed by atoms with Gasteiger partial charge in [0.1, 0.15) is 18.1 Å². The standard InChI is InChI=1S/C20H14N2O5/c23-19(24)12-3-5-15(6-4-12)22-21-10-16-7-8-18(27-16)13-1-2-14-11-26-20(25)17(14)9-13/h1-10,22H,11H2,(H,23,24). The molecule has 0 saturated heterocycles. The molecule has 7 heteroatoms. The number of fused-ring (bicyclic) bond motifs is 1. The Bertz CT molecular complexity index is 1050. The number of nitrogens with one attached hydrogen (secondary N) is 1. The Hall–Kier alpha value is -3.87. The molecule has 0 unspecified atom stereocenters. The summed E-state index contributed by atoms with van der Waals surface area (Å²) in [5.41, 5.74) is 5.88. The molecule has 4 rings (SSSR count). The third-order valence-corrected chi connectivity index (χ3v) is 4.12. The Morgan fingerprint density at radius 1 is 1.11 bits per heavy atom. The number of ether oxygens (including phenoxy) is 1. The monoisotopic (exact) mass is 362 g/mol. The summed E-state index contributed by atoms with van der Waals surface area (Å²) in [6.45, 7) is 0.309. The van der Waals surface area contributed by atoms with Crippen molar-refractivity contribution in [1.82, 2.24) is 0 Å². The fourth-order valence-corrected chi connectivity index (χ4v) is 2.70. The van der Waals surface area contributed by atoms with E-state index >= 15 is 0 Å². The van der Waals surface area contributed by atoms with Gasteiger partial charge in [-0.3, -0.25) is 5.43 Å². The zero-order valence-electron chi connectivity index (χ0n) is 14.0. The molecule has 134 valence electrons. The van der Waals surface area contributed by atoms with Crippen molar-refractivity contribution in [2.45, 2.75) is 6.61 Å². The number of aromatic carboxylic acids is 1. The molecule has 2 heterocycles. The van der Waals surface area contributed by atoms with E-state index in [4.69, 9.17) is 14.3 Å². The summed E-state index contributed by atoms with van der Waals surface area (Å²) in [7, 11) is 0. The topological polar surface area (TPSA) is 101 Å². The number of anilines is 1. The number of furan rings is 1. The van der Waals surface area contributed by atoms with Crippen LogP contribution in [0.5, 0.6) is 0 Å². The van der Waals surface area contributed by atoms with Crippen LogP contribution in [0.2, 0.25) is 0 Å². The zero-order valence-corrected chi connectivity index (χ0v) is 14.0. The van der Waals surface area contributed by atoms with Crippen molar-refractivity contribution < 1.29 is 23.8 Å². The molecule has 0 fully saturated rings. The maximum atomic E-state index is 11.7. The van der Waals surface area contributed by atoms with Gasteiger partial charge in [0.2, 0.25) is 0 Å². The van der Waals surface area contributed by atoms with Crippen molar-refractivity contribution in [2.24, 2.45) is 5.10 Å². The molecule has 0 bridgehead atoms. The van der Waals surface area contributed by atoms with Gasteiger partial charge >= 0.3 is 11.9 Å². The van der Waals surface area contributed by atoms with Crippen molar-refractivity contribution in [1.29, 1.82) is 0 Å². The lowest BCUT2D eigenvalue weighted by Crippen LogP contribution is -1.96. The molecule has 0 amide bonds. The zero-order chi connectivity index (χ0) is 18.8. The Balaban J connectivity index is 1.45. The molecular formula is C20H14N2O5. The number of rotatable bonds is 5. The normalized spacial score (nSPS) is 12.8. The Morgan fingerprint density at radius 2 is 1.93 bits per heavy atom. The highest BCUT2D eigenvalue weighted by molar-refractivity contribution is 5.94. The van der Waals surface area contributed by atoms with E-state index in [1.165, 1.54) is 18.3 Å². The average molecular weight is 362 g/mol. The van der Waals surface area contributed by atoms with Crippen LogP contribution >= 0.6 is 0 Å². The molecule has 0 aliphatic carbocycles. The van der Waals surface area contributed by atoms with Crippen molar-refractivity contribution in [3.05, 3.63) is 77.0 Å². The number of benzene rings is 2. The molecule has 0 atom stereocenters. The number of hydrazone groups is 1. The predicted molar refractivity (Wildman–Crippen MR) is 97.9 cm³/mol. The molecule has 7 nitrogen and oxygen atoms in total. The van der Waals surface area contributed by atoms with Gasteiger partial charge in [0.15, 0.2) is 0 Å². The first-order valence-electron chi connectivity index (χ1n) is 8.13. The molecule has 0 spiro atoms. The van der Waals surface area contributed by atoms with Crippen LogP contribution < -0.4 is 5.43 Å². The van der Waals surface area contributed by atoms with Gasteiger partial charge in [0, 0.05) is 11.1 Å². The molecule has 1 aliphatic heterocycles. The summed E-state index contributed by atoms with van der Waals surface area (Å²) in [6, 6.07) is 15.3. The summed E-state index contributed by atoms with van der Waals surface area (Å²) >= 11 is 0. The van der Waals surface area contributed by atoms with Crippen LogP contribution in [0.4, 0.5) is 5.69 Å². The number of carboxylic acids is 1. The highest BCUT2D eigenvalue weighted by Gasteiger charge is 2.21. The summed E-state index contributed by atoms with van der Waals surface area (Å²) < 4.78 is 10.7. The first kappa shape index (κ1) is 16.6. The quantitative estimate of drug-likeness (QED) is 0.407. The van der Waals surface area contributed by atoms with Crippen LogP contribution in [-0.4, -0.2) is 23.3 Å². The number of hydrogen-bond donors (Lipinski definition) is 2. The second kappa shape index (κ2) is 6.80. The van der Waals surface area contributed by atoms with Gasteiger partial charge in [-0.1, -0.05) is 12.1 Å². The fraction of sp³-hybridized carbons (Fsp3) is 0.0500. The van der Waals surface area contributed by atoms with Gasteiger partial charge in [0.25, 0.3) is 0 Å². The van der Waals surface area contributed by atoms with E-state index in [9.17, 15) is 9.59 Å². The minimum Gasteiger partial charge on any atom is -0.478 e. The maximum absolute atomic E-state index is 11.7. The van der Waals surface area contributed by atoms with Crippen LogP contribution in [0.3, 0.4) is 0 Å². The van der Waals surface area contributed by atoms with Gasteiger partial charge in [0.05, 0.1) is 23.0 Å². The molecule has 3 aromatic rings. The highest BCUT2D eigenvalue weighted by Crippen LogP contribution is 2.28. The number of hydrogen-bond acceptors (Lipinski definition) is 6. The summed E-state index contributed by atoms with van der Waals surface area (Å²) in [6.07, 6.45) is 1.51. The first-order valence-corrected chi connectivity index (χ1v) is 8.13. The van der Waals surface area contributed by atoms with E-state index in [2.05, 4.69) is 10.5 Å². The smallest absolute Gasteiger partial charge is 0.338 e. The summed E-state index contributed by atoms with van der Waals surface area (Å²) in [5.74, 6) is -0.154. The lowest BCUT2D eigenvalue weighted by atomic mass is 10.0. The van der Waals surface area contributed by atoms with Gasteiger partial charge < -0.3 is 14.3 Å². The fourth-order valence-electron chi connectivity index (χ4n) is 2.70. The van der Waals surface area contributed by atoms with E-state index in [1.807, 2.05) is 12.1 Å². The Kier molecular flexibility index (Phi) is 4.18. The van der Waals surface area contributed by atoms with E-state index in [0.29, 0.717) is 29.4 Å². The van der Waals surface area contributed by atoms with Crippen molar-refractivity contribution in [3.63, 3.8) is 0 Å². The number of cyclic esters (lactones) is 1. The van der Waals surface area contributed by atoms with E-state index in [0.717, 1.165) is 11.1 Å². The van der Waals surface area contributed by atoms with Crippen LogP contribution in [0.25, 0.3) is 11.3 Å². The number of carboxylic acid groups (broad SMARTS) is 1. The van der Waals surface area contributed by atoms with Crippen molar-refractivity contribution in [2.75, 3.05) is 5.43 Å². The van der Waals surface area contributed by atoms with E-state index < -0.39 is 5.97 Å². The molecule has 1 aromatic heterocycles. The number of nitrogens with zero attached hydrogens (tertiary/aromatic N) is 1. The van der Waals surface area contributed by atoms with Gasteiger partial charge in [-0.05, 0) is 42.5 Å². The van der Waals surface area contributed by atoms with Gasteiger partial charge in [-0.15, -0.1) is 0 Å². The van der Waals surface area contributed by atoms with Crippen molar-refractivity contribution >= 4 is 23.8 Å². The molecule has 2 aromatic carbocycles. The predicted octanol–water partition coefficient (Wildman–Crippen LogP) is 3.76. The van der Waals surface area contributed by atoms with Crippen LogP contribution in [0, 0.1) is 0 Å². The Morgan fingerprint density at radius 3 is 2.70 bits per heavy atom. The lowest BCUT2D eigenvalue weighted by Gasteiger charge is -2.00. The number of carbonyl (C=O) groups excluding carboxylic acids is 1. The van der Waals surface area contributed by atoms with Crippen LogP contribution in [-0.2, 0) is 11.3 Å². The maximum Gasteiger partial charge on any atom is 0.338 e. The molecular weight excluding hydrogens is 348 g/mol. The minimum atomic E-state index is -0.979. The SMILES string of the molecule is O=C(O)c1ccc(NN=Cc2ccc(-c3ccc4c(c3)C(=O)OC4)o2)cc1. The third kappa shape index (κ3) is 3.43. The minimum absolute atomic E-state index is 0.207. The average Bonchev–Trinajstić information content (AvgIpc) is 3.29. The van der Waals surface area contributed by atoms with Crippen LogP contribution in [0.15, 0.2) is 64.1 Å². The highest BCUT2D eigenvalue weighted by atomic mass is 16.5. The van der Waals surface area contributed by atoms with E-state index in [1.54, 1.807) is 30.3 Å². The van der Waals surface area contributed by atoms with Crippen LogP contribution in [0.1, 0.15) is 32.0 Å². The summed E-state index contributed by atoms with van der Waals surface area (Å²) in [5, 5.41) is 12.9. The largest absolute Gasteiger partial charge is 0.478 e. The molecule has 27 heavy (non-hydrogen) atoms. The molecule has 1 aliphatic rings. The number of esters is 1. The van der Waals surface area contributed by atoms with Crippen molar-refractivity contribution in [3.8, 4) is 11.3 Å². The summed E-state index contributed by atoms with van der Waals surface area (Å²) in [4.78, 5) is 22.5.